The summed E-state index contributed by atoms with van der Waals surface area (Å²) >= 11 is 0. The molecule has 2 amide bonds. The van der Waals surface area contributed by atoms with Crippen LogP contribution < -0.4 is 4.90 Å². The van der Waals surface area contributed by atoms with Crippen LogP contribution in [0.4, 0.5) is 10.6 Å². The van der Waals surface area contributed by atoms with Crippen molar-refractivity contribution in [3.63, 3.8) is 0 Å². The van der Waals surface area contributed by atoms with Crippen LogP contribution in [0.25, 0.3) is 0 Å². The van der Waals surface area contributed by atoms with E-state index in [0.29, 0.717) is 12.2 Å². The smallest absolute Gasteiger partial charge is 0.416 e. The molecule has 2 heterocycles. The molecule has 1 unspecified atom stereocenters. The molecule has 1 aliphatic heterocycles. The van der Waals surface area contributed by atoms with Crippen molar-refractivity contribution in [2.45, 2.75) is 38.8 Å². The largest absolute Gasteiger partial charge is 0.443 e. The van der Waals surface area contributed by atoms with Gasteiger partial charge in [-0.2, -0.15) is 0 Å². The van der Waals surface area contributed by atoms with Gasteiger partial charge in [0.1, 0.15) is 17.5 Å². The summed E-state index contributed by atoms with van der Waals surface area (Å²) in [5, 5.41) is 0. The van der Waals surface area contributed by atoms with Gasteiger partial charge in [0.05, 0.1) is 0 Å². The Kier molecular flexibility index (Phi) is 3.89. The van der Waals surface area contributed by atoms with Gasteiger partial charge in [0.2, 0.25) is 5.91 Å². The van der Waals surface area contributed by atoms with Crippen molar-refractivity contribution >= 4 is 17.8 Å². The monoisotopic (exact) mass is 291 g/mol. The molecule has 6 nitrogen and oxygen atoms in total. The van der Waals surface area contributed by atoms with Gasteiger partial charge >= 0.3 is 6.09 Å². The van der Waals surface area contributed by atoms with Crippen molar-refractivity contribution in [2.75, 3.05) is 19.0 Å². The summed E-state index contributed by atoms with van der Waals surface area (Å²) in [7, 11) is 3.35. The summed E-state index contributed by atoms with van der Waals surface area (Å²) < 4.78 is 5.41. The number of hydrogen-bond donors (Lipinski definition) is 0. The van der Waals surface area contributed by atoms with Crippen LogP contribution in [0.15, 0.2) is 18.3 Å². The average Bonchev–Trinajstić information content (AvgIpc) is 2.74. The quantitative estimate of drug-likeness (QED) is 0.792. The molecule has 2 rings (SSSR count). The molecule has 1 atom stereocenters. The molecule has 0 saturated carbocycles. The van der Waals surface area contributed by atoms with Gasteiger partial charge in [-0.15, -0.1) is 0 Å². The molecule has 0 N–H and O–H groups in total. The van der Waals surface area contributed by atoms with Crippen LogP contribution in [0.2, 0.25) is 0 Å². The van der Waals surface area contributed by atoms with Crippen molar-refractivity contribution < 1.29 is 14.3 Å². The van der Waals surface area contributed by atoms with Crippen molar-refractivity contribution in [3.05, 3.63) is 23.9 Å². The fourth-order valence-corrected chi connectivity index (χ4v) is 2.27. The summed E-state index contributed by atoms with van der Waals surface area (Å²) in [6.45, 7) is 5.38. The van der Waals surface area contributed by atoms with E-state index in [0.717, 1.165) is 5.56 Å². The number of carbonyl (C=O) groups excluding carboxylic acids is 2. The van der Waals surface area contributed by atoms with Gasteiger partial charge in [0.15, 0.2) is 0 Å². The van der Waals surface area contributed by atoms with Crippen molar-refractivity contribution in [3.8, 4) is 0 Å². The molecule has 1 aromatic rings. The van der Waals surface area contributed by atoms with Crippen LogP contribution in [0.1, 0.15) is 26.3 Å². The second kappa shape index (κ2) is 5.35. The topological polar surface area (TPSA) is 62.7 Å². The number of carbonyl (C=O) groups is 2. The maximum absolute atomic E-state index is 12.5. The highest BCUT2D eigenvalue weighted by Gasteiger charge is 2.42. The Labute approximate surface area is 124 Å². The van der Waals surface area contributed by atoms with Crippen LogP contribution in [0.5, 0.6) is 0 Å². The van der Waals surface area contributed by atoms with Gasteiger partial charge < -0.3 is 9.64 Å². The highest BCUT2D eigenvalue weighted by Crippen LogP contribution is 2.32. The molecule has 1 aliphatic rings. The number of aromatic nitrogens is 1. The molecule has 0 spiro atoms. The Morgan fingerprint density at radius 1 is 1.38 bits per heavy atom. The minimum absolute atomic E-state index is 0.140. The van der Waals surface area contributed by atoms with Gasteiger partial charge in [-0.1, -0.05) is 6.07 Å². The molecular weight excluding hydrogens is 270 g/mol. The number of rotatable bonds is 1. The maximum atomic E-state index is 12.5. The van der Waals surface area contributed by atoms with Crippen molar-refractivity contribution in [1.82, 2.24) is 9.88 Å². The highest BCUT2D eigenvalue weighted by molar-refractivity contribution is 5.99. The minimum atomic E-state index is -0.625. The first-order chi connectivity index (χ1) is 9.70. The predicted molar refractivity (Wildman–Crippen MR) is 79.1 cm³/mol. The van der Waals surface area contributed by atoms with Gasteiger partial charge in [-0.05, 0) is 32.4 Å². The lowest BCUT2D eigenvalue weighted by Crippen LogP contribution is -2.49. The zero-order valence-corrected chi connectivity index (χ0v) is 13.1. The minimum Gasteiger partial charge on any atom is -0.443 e. The first-order valence-electron chi connectivity index (χ1n) is 6.88. The summed E-state index contributed by atoms with van der Waals surface area (Å²) in [6, 6.07) is 3.08. The van der Waals surface area contributed by atoms with E-state index in [1.165, 1.54) is 9.80 Å². The molecule has 0 radical (unpaired) electrons. The van der Waals surface area contributed by atoms with Gasteiger partial charge in [-0.25, -0.2) is 14.7 Å². The molecule has 21 heavy (non-hydrogen) atoms. The van der Waals surface area contributed by atoms with Gasteiger partial charge in [0.25, 0.3) is 0 Å². The number of nitrogens with zero attached hydrogens (tertiary/aromatic N) is 3. The molecule has 114 valence electrons. The summed E-state index contributed by atoms with van der Waals surface area (Å²) in [4.78, 5) is 31.9. The number of fused-ring (bicyclic) bond motifs is 1. The van der Waals surface area contributed by atoms with Crippen LogP contribution in [-0.4, -0.2) is 47.6 Å². The van der Waals surface area contributed by atoms with E-state index >= 15 is 0 Å². The number of pyridine rings is 1. The third kappa shape index (κ3) is 3.15. The fraction of sp³-hybridized carbons (Fsp3) is 0.533. The fourth-order valence-electron chi connectivity index (χ4n) is 2.27. The lowest BCUT2D eigenvalue weighted by molar-refractivity contribution is -0.130. The average molecular weight is 291 g/mol. The van der Waals surface area contributed by atoms with E-state index in [2.05, 4.69) is 4.98 Å². The lowest BCUT2D eigenvalue weighted by Gasteiger charge is -2.29. The Balaban J connectivity index is 2.36. The molecule has 0 bridgehead atoms. The zero-order chi connectivity index (χ0) is 15.8. The lowest BCUT2D eigenvalue weighted by atomic mass is 10.1. The van der Waals surface area contributed by atoms with Crippen molar-refractivity contribution in [1.29, 1.82) is 0 Å². The molecule has 0 aliphatic carbocycles. The standard InChI is InChI=1S/C15H21N3O3/c1-15(2,3)21-14(20)18-11(13(19)17(4)5)9-10-7-6-8-16-12(10)18/h6-8,11H,9H2,1-5H3. The Hall–Kier alpha value is -2.11. The summed E-state index contributed by atoms with van der Waals surface area (Å²) in [5.74, 6) is 0.366. The van der Waals surface area contributed by atoms with Crippen molar-refractivity contribution in [2.24, 2.45) is 0 Å². The number of anilines is 1. The normalized spacial score (nSPS) is 17.4. The number of amides is 2. The molecular formula is C15H21N3O3. The van der Waals surface area contributed by atoms with Gasteiger partial charge in [-0.3, -0.25) is 4.79 Å². The molecule has 0 aromatic carbocycles. The number of likely N-dealkylation sites (N-methyl/N-ethyl adjacent to an activating group) is 1. The first kappa shape index (κ1) is 15.3. The number of ether oxygens (including phenoxy) is 1. The Morgan fingerprint density at radius 2 is 2.05 bits per heavy atom. The molecule has 6 heteroatoms. The van der Waals surface area contributed by atoms with E-state index in [9.17, 15) is 9.59 Å². The Morgan fingerprint density at radius 3 is 2.62 bits per heavy atom. The second-order valence-electron chi connectivity index (χ2n) is 6.29. The van der Waals surface area contributed by atoms with Gasteiger partial charge in [0, 0.05) is 26.7 Å². The van der Waals surface area contributed by atoms with Crippen LogP contribution >= 0.6 is 0 Å². The Bertz CT molecular complexity index is 564. The third-order valence-corrected chi connectivity index (χ3v) is 3.14. The highest BCUT2D eigenvalue weighted by atomic mass is 16.6. The third-order valence-electron chi connectivity index (χ3n) is 3.14. The molecule has 0 fully saturated rings. The second-order valence-corrected chi connectivity index (χ2v) is 6.29. The predicted octanol–water partition coefficient (Wildman–Crippen LogP) is 1.84. The van der Waals surface area contributed by atoms with Crippen LogP contribution in [0.3, 0.4) is 0 Å². The van der Waals surface area contributed by atoms with E-state index in [4.69, 9.17) is 4.74 Å². The summed E-state index contributed by atoms with van der Waals surface area (Å²) in [6.07, 6.45) is 1.53. The SMILES string of the molecule is CN(C)C(=O)C1Cc2cccnc2N1C(=O)OC(C)(C)C. The molecule has 0 saturated heterocycles. The number of hydrogen-bond acceptors (Lipinski definition) is 4. The van der Waals surface area contributed by atoms with E-state index < -0.39 is 17.7 Å². The zero-order valence-electron chi connectivity index (χ0n) is 13.1. The van der Waals surface area contributed by atoms with Crippen LogP contribution in [-0.2, 0) is 16.0 Å². The van der Waals surface area contributed by atoms with E-state index in [1.807, 2.05) is 6.07 Å². The summed E-state index contributed by atoms with van der Waals surface area (Å²) in [5.41, 5.74) is 0.254. The molecule has 1 aromatic heterocycles. The van der Waals surface area contributed by atoms with E-state index in [-0.39, 0.29) is 5.91 Å². The van der Waals surface area contributed by atoms with Crippen LogP contribution in [0, 0.1) is 0 Å². The van der Waals surface area contributed by atoms with E-state index in [1.54, 1.807) is 47.1 Å². The first-order valence-corrected chi connectivity index (χ1v) is 6.88. The maximum Gasteiger partial charge on any atom is 0.416 e.